The standard InChI is InChI=1S/C26H24N6O2/c1-3-31(23-15-21(29-30-23)16-8-4-5-9-16)24-18-10-6-7-11-22(18)32-25(33)19-14-17(34-2)12-13-20(19)27-26(32)28-24/h3,6-7,10-16H,1,4-5,8-9H2,2H3,(H,29,30). The van der Waals surface area contributed by atoms with E-state index in [9.17, 15) is 4.79 Å². The average Bonchev–Trinajstić information content (AvgIpc) is 3.57. The summed E-state index contributed by atoms with van der Waals surface area (Å²) >= 11 is 0. The van der Waals surface area contributed by atoms with Crippen LogP contribution in [0.3, 0.4) is 0 Å². The van der Waals surface area contributed by atoms with Gasteiger partial charge in [0.1, 0.15) is 5.75 Å². The molecule has 0 spiro atoms. The molecule has 8 heteroatoms. The highest BCUT2D eigenvalue weighted by Crippen LogP contribution is 2.36. The van der Waals surface area contributed by atoms with E-state index < -0.39 is 0 Å². The molecule has 0 saturated heterocycles. The molecule has 1 aliphatic carbocycles. The number of H-pyrrole nitrogens is 1. The topological polar surface area (TPSA) is 88.4 Å². The zero-order valence-electron chi connectivity index (χ0n) is 18.9. The molecule has 5 aromatic rings. The highest BCUT2D eigenvalue weighted by molar-refractivity contribution is 5.95. The van der Waals surface area contributed by atoms with Crippen molar-refractivity contribution in [3.05, 3.63) is 77.4 Å². The fourth-order valence-electron chi connectivity index (χ4n) is 4.95. The molecule has 1 N–H and O–H groups in total. The van der Waals surface area contributed by atoms with Gasteiger partial charge in [0.25, 0.3) is 5.56 Å². The molecule has 2 aromatic carbocycles. The van der Waals surface area contributed by atoms with Gasteiger partial charge >= 0.3 is 0 Å². The van der Waals surface area contributed by atoms with E-state index in [1.807, 2.05) is 29.2 Å². The molecule has 0 amide bonds. The van der Waals surface area contributed by atoms with Gasteiger partial charge < -0.3 is 4.74 Å². The lowest BCUT2D eigenvalue weighted by Crippen LogP contribution is -2.20. The van der Waals surface area contributed by atoms with Gasteiger partial charge in [-0.3, -0.25) is 14.8 Å². The summed E-state index contributed by atoms with van der Waals surface area (Å²) in [4.78, 5) is 24.9. The normalized spacial score (nSPS) is 14.3. The minimum atomic E-state index is -0.192. The first-order valence-corrected chi connectivity index (χ1v) is 11.4. The predicted octanol–water partition coefficient (Wildman–Crippen LogP) is 5.07. The van der Waals surface area contributed by atoms with E-state index in [2.05, 4.69) is 22.8 Å². The Bertz CT molecular complexity index is 1610. The molecule has 6 rings (SSSR count). The van der Waals surface area contributed by atoms with Gasteiger partial charge in [-0.2, -0.15) is 10.1 Å². The molecule has 0 unspecified atom stereocenters. The SMILES string of the molecule is C=CN(c1cc(C2CCCC2)[nH]n1)c1nc2nc3ccc(OC)cc3c(=O)n2c2ccccc12. The molecular formula is C26H24N6O2. The highest BCUT2D eigenvalue weighted by Gasteiger charge is 2.23. The maximum atomic E-state index is 13.5. The predicted molar refractivity (Wildman–Crippen MR) is 133 cm³/mol. The van der Waals surface area contributed by atoms with E-state index in [1.54, 1.807) is 35.9 Å². The molecule has 1 saturated carbocycles. The Morgan fingerprint density at radius 1 is 1.12 bits per heavy atom. The summed E-state index contributed by atoms with van der Waals surface area (Å²) in [6.45, 7) is 4.02. The van der Waals surface area contributed by atoms with Crippen molar-refractivity contribution in [3.63, 3.8) is 0 Å². The third kappa shape index (κ3) is 3.14. The third-order valence-corrected chi connectivity index (χ3v) is 6.69. The number of hydrogen-bond acceptors (Lipinski definition) is 6. The van der Waals surface area contributed by atoms with Crippen LogP contribution in [0.2, 0.25) is 0 Å². The largest absolute Gasteiger partial charge is 0.497 e. The zero-order valence-corrected chi connectivity index (χ0v) is 18.9. The first kappa shape index (κ1) is 20.4. The lowest BCUT2D eigenvalue weighted by Gasteiger charge is -2.19. The Kier molecular flexibility index (Phi) is 4.79. The summed E-state index contributed by atoms with van der Waals surface area (Å²) in [7, 11) is 1.58. The molecule has 1 fully saturated rings. The van der Waals surface area contributed by atoms with E-state index in [1.165, 1.54) is 25.7 Å². The van der Waals surface area contributed by atoms with Crippen molar-refractivity contribution >= 4 is 39.2 Å². The first-order valence-electron chi connectivity index (χ1n) is 11.4. The zero-order chi connectivity index (χ0) is 23.2. The van der Waals surface area contributed by atoms with E-state index in [0.29, 0.717) is 45.5 Å². The van der Waals surface area contributed by atoms with Gasteiger partial charge in [-0.1, -0.05) is 31.6 Å². The number of nitrogens with zero attached hydrogens (tertiary/aromatic N) is 5. The second-order valence-corrected chi connectivity index (χ2v) is 8.60. The number of aromatic amines is 1. The number of rotatable bonds is 5. The van der Waals surface area contributed by atoms with Gasteiger partial charge in [0.05, 0.1) is 23.5 Å². The van der Waals surface area contributed by atoms with Gasteiger partial charge in [-0.05, 0) is 43.2 Å². The highest BCUT2D eigenvalue weighted by atomic mass is 16.5. The molecule has 0 radical (unpaired) electrons. The number of benzene rings is 2. The summed E-state index contributed by atoms with van der Waals surface area (Å²) < 4.78 is 6.86. The number of nitrogens with one attached hydrogen (secondary N) is 1. The van der Waals surface area contributed by atoms with Crippen LogP contribution in [-0.4, -0.2) is 31.7 Å². The van der Waals surface area contributed by atoms with Crippen LogP contribution >= 0.6 is 0 Å². The minimum absolute atomic E-state index is 0.192. The Morgan fingerprint density at radius 3 is 2.74 bits per heavy atom. The van der Waals surface area contributed by atoms with E-state index >= 15 is 0 Å². The van der Waals surface area contributed by atoms with Gasteiger partial charge in [-0.15, -0.1) is 0 Å². The van der Waals surface area contributed by atoms with Crippen molar-refractivity contribution in [2.24, 2.45) is 0 Å². The van der Waals surface area contributed by atoms with Crippen LogP contribution in [0.15, 0.2) is 66.1 Å². The number of para-hydroxylation sites is 1. The smallest absolute Gasteiger partial charge is 0.267 e. The first-order chi connectivity index (χ1) is 16.7. The molecule has 1 aliphatic rings. The minimum Gasteiger partial charge on any atom is -0.497 e. The number of fused-ring (bicyclic) bond motifs is 4. The lowest BCUT2D eigenvalue weighted by atomic mass is 10.0. The van der Waals surface area contributed by atoms with Crippen LogP contribution in [0.4, 0.5) is 11.6 Å². The molecule has 0 bridgehead atoms. The molecule has 0 aliphatic heterocycles. The maximum absolute atomic E-state index is 13.5. The fraction of sp³-hybridized carbons (Fsp3) is 0.231. The van der Waals surface area contributed by atoms with Gasteiger partial charge in [0, 0.05) is 29.3 Å². The number of hydrogen-bond donors (Lipinski definition) is 1. The van der Waals surface area contributed by atoms with Crippen LogP contribution in [-0.2, 0) is 0 Å². The van der Waals surface area contributed by atoms with Crippen LogP contribution in [0.1, 0.15) is 37.3 Å². The molecule has 3 heterocycles. The summed E-state index contributed by atoms with van der Waals surface area (Å²) in [6, 6.07) is 15.0. The monoisotopic (exact) mass is 452 g/mol. The number of ether oxygens (including phenoxy) is 1. The Hall–Kier alpha value is -4.20. The van der Waals surface area contributed by atoms with Crippen molar-refractivity contribution in [1.82, 2.24) is 24.6 Å². The maximum Gasteiger partial charge on any atom is 0.267 e. The van der Waals surface area contributed by atoms with Crippen molar-refractivity contribution in [3.8, 4) is 5.75 Å². The molecular weight excluding hydrogens is 428 g/mol. The van der Waals surface area contributed by atoms with Crippen molar-refractivity contribution in [2.45, 2.75) is 31.6 Å². The fourth-order valence-corrected chi connectivity index (χ4v) is 4.95. The summed E-state index contributed by atoms with van der Waals surface area (Å²) in [6.07, 6.45) is 6.56. The van der Waals surface area contributed by atoms with Crippen LogP contribution in [0.5, 0.6) is 5.75 Å². The van der Waals surface area contributed by atoms with E-state index in [-0.39, 0.29) is 5.56 Å². The molecule has 34 heavy (non-hydrogen) atoms. The lowest BCUT2D eigenvalue weighted by molar-refractivity contribution is 0.415. The van der Waals surface area contributed by atoms with Gasteiger partial charge in [-0.25, -0.2) is 9.38 Å². The van der Waals surface area contributed by atoms with Gasteiger partial charge in [0.2, 0.25) is 5.78 Å². The third-order valence-electron chi connectivity index (χ3n) is 6.69. The molecule has 8 nitrogen and oxygen atoms in total. The second kappa shape index (κ2) is 7.98. The molecule has 0 atom stereocenters. The van der Waals surface area contributed by atoms with Crippen LogP contribution in [0, 0.1) is 0 Å². The van der Waals surface area contributed by atoms with Gasteiger partial charge in [0.15, 0.2) is 11.6 Å². The van der Waals surface area contributed by atoms with Crippen LogP contribution in [0.25, 0.3) is 27.6 Å². The van der Waals surface area contributed by atoms with Crippen molar-refractivity contribution in [2.75, 3.05) is 12.0 Å². The summed E-state index contributed by atoms with van der Waals surface area (Å²) in [5.74, 6) is 2.77. The molecule has 170 valence electrons. The van der Waals surface area contributed by atoms with E-state index in [4.69, 9.17) is 14.7 Å². The second-order valence-electron chi connectivity index (χ2n) is 8.60. The number of anilines is 2. The Labute approximate surface area is 195 Å². The summed E-state index contributed by atoms with van der Waals surface area (Å²) in [5.41, 5.74) is 2.22. The average molecular weight is 453 g/mol. The summed E-state index contributed by atoms with van der Waals surface area (Å²) in [5, 5.41) is 9.06. The van der Waals surface area contributed by atoms with Crippen molar-refractivity contribution < 1.29 is 4.74 Å². The molecule has 3 aromatic heterocycles. The van der Waals surface area contributed by atoms with Crippen LogP contribution < -0.4 is 15.2 Å². The Balaban J connectivity index is 1.59. The Morgan fingerprint density at radius 2 is 1.94 bits per heavy atom. The number of methoxy groups -OCH3 is 1. The van der Waals surface area contributed by atoms with Crippen molar-refractivity contribution in [1.29, 1.82) is 0 Å². The number of aromatic nitrogens is 5. The van der Waals surface area contributed by atoms with E-state index in [0.717, 1.165) is 11.1 Å². The quantitative estimate of drug-likeness (QED) is 0.296.